The van der Waals surface area contributed by atoms with Crippen molar-refractivity contribution in [1.82, 2.24) is 0 Å². The third-order valence-corrected chi connectivity index (χ3v) is 3.69. The number of hydrogen-bond donors (Lipinski definition) is 0. The van der Waals surface area contributed by atoms with Crippen LogP contribution in [-0.2, 0) is 4.74 Å². The zero-order chi connectivity index (χ0) is 14.5. The summed E-state index contributed by atoms with van der Waals surface area (Å²) in [4.78, 5) is 23.5. The van der Waals surface area contributed by atoms with Crippen molar-refractivity contribution in [3.63, 3.8) is 0 Å². The van der Waals surface area contributed by atoms with Gasteiger partial charge in [0.25, 0.3) is 5.69 Å². The summed E-state index contributed by atoms with van der Waals surface area (Å²) in [5, 5.41) is 11.1. The number of piperidine rings is 1. The molecule has 2 rings (SSSR count). The van der Waals surface area contributed by atoms with Crippen LogP contribution < -0.4 is 4.90 Å². The van der Waals surface area contributed by atoms with Crippen LogP contribution in [0.25, 0.3) is 0 Å². The number of anilines is 1. The number of methoxy groups -OCH3 is 1. The summed E-state index contributed by atoms with van der Waals surface area (Å²) in [5.74, 6) is 0.518. The first-order valence-corrected chi connectivity index (χ1v) is 6.63. The van der Waals surface area contributed by atoms with Gasteiger partial charge < -0.3 is 9.64 Å². The van der Waals surface area contributed by atoms with Crippen LogP contribution >= 0.6 is 0 Å². The lowest BCUT2D eigenvalue weighted by molar-refractivity contribution is -0.384. The Morgan fingerprint density at radius 1 is 1.45 bits per heavy atom. The van der Waals surface area contributed by atoms with Gasteiger partial charge in [0, 0.05) is 38.4 Å². The van der Waals surface area contributed by atoms with E-state index < -0.39 is 4.92 Å². The van der Waals surface area contributed by atoms with Crippen LogP contribution in [0.5, 0.6) is 0 Å². The molecule has 6 heteroatoms. The van der Waals surface area contributed by atoms with Gasteiger partial charge >= 0.3 is 0 Å². The number of ether oxygens (including phenoxy) is 1. The van der Waals surface area contributed by atoms with Crippen molar-refractivity contribution < 1.29 is 14.5 Å². The average molecular weight is 278 g/mol. The first-order valence-electron chi connectivity index (χ1n) is 6.63. The summed E-state index contributed by atoms with van der Waals surface area (Å²) in [5.41, 5.74) is 0.922. The first-order chi connectivity index (χ1) is 9.65. The summed E-state index contributed by atoms with van der Waals surface area (Å²) < 4.78 is 5.15. The fourth-order valence-electron chi connectivity index (χ4n) is 2.60. The zero-order valence-electron chi connectivity index (χ0n) is 11.4. The molecule has 0 aliphatic carbocycles. The Morgan fingerprint density at radius 2 is 2.15 bits per heavy atom. The van der Waals surface area contributed by atoms with Crippen LogP contribution in [-0.4, -0.2) is 38.0 Å². The molecule has 0 saturated carbocycles. The molecule has 1 heterocycles. The minimum absolute atomic E-state index is 0.000193. The van der Waals surface area contributed by atoms with E-state index in [2.05, 4.69) is 0 Å². The van der Waals surface area contributed by atoms with E-state index in [4.69, 9.17) is 4.74 Å². The number of nitro benzene ring substituents is 1. The average Bonchev–Trinajstić information content (AvgIpc) is 2.48. The smallest absolute Gasteiger partial charge is 0.293 e. The van der Waals surface area contributed by atoms with Gasteiger partial charge in [-0.1, -0.05) is 0 Å². The van der Waals surface area contributed by atoms with Gasteiger partial charge in [-0.25, -0.2) is 0 Å². The first kappa shape index (κ1) is 14.5. The lowest BCUT2D eigenvalue weighted by atomic mass is 9.97. The maximum Gasteiger partial charge on any atom is 0.293 e. The van der Waals surface area contributed by atoms with Gasteiger partial charge in [0.15, 0.2) is 0 Å². The van der Waals surface area contributed by atoms with Crippen molar-refractivity contribution in [2.75, 3.05) is 31.7 Å². The molecule has 0 bridgehead atoms. The number of rotatable bonds is 5. The molecule has 1 aromatic rings. The summed E-state index contributed by atoms with van der Waals surface area (Å²) in [7, 11) is 1.69. The molecule has 1 aliphatic rings. The molecule has 0 N–H and O–H groups in total. The lowest BCUT2D eigenvalue weighted by Crippen LogP contribution is -2.35. The van der Waals surface area contributed by atoms with E-state index in [1.54, 1.807) is 19.2 Å². The van der Waals surface area contributed by atoms with Crippen LogP contribution in [0.3, 0.4) is 0 Å². The molecule has 1 saturated heterocycles. The molecular formula is C14H18N2O4. The molecule has 0 amide bonds. The SMILES string of the molecule is COCC1CCN(c2ccc(C=O)cc2[N+](=O)[O-])CC1. The van der Waals surface area contributed by atoms with Crippen molar-refractivity contribution in [3.8, 4) is 0 Å². The summed E-state index contributed by atoms with van der Waals surface area (Å²) >= 11 is 0. The Balaban J connectivity index is 2.17. The van der Waals surface area contributed by atoms with Crippen molar-refractivity contribution in [2.45, 2.75) is 12.8 Å². The molecule has 20 heavy (non-hydrogen) atoms. The minimum atomic E-state index is -0.427. The predicted molar refractivity (Wildman–Crippen MR) is 75.3 cm³/mol. The Kier molecular flexibility index (Phi) is 4.68. The normalized spacial score (nSPS) is 16.1. The van der Waals surface area contributed by atoms with Gasteiger partial charge in [-0.15, -0.1) is 0 Å². The number of nitrogens with zero attached hydrogens (tertiary/aromatic N) is 2. The van der Waals surface area contributed by atoms with Crippen LogP contribution in [0.1, 0.15) is 23.2 Å². The van der Waals surface area contributed by atoms with E-state index >= 15 is 0 Å². The van der Waals surface area contributed by atoms with Gasteiger partial charge in [0.1, 0.15) is 12.0 Å². The van der Waals surface area contributed by atoms with Crippen molar-refractivity contribution in [1.29, 1.82) is 0 Å². The standard InChI is InChI=1S/C14H18N2O4/c1-20-10-11-4-6-15(7-5-11)13-3-2-12(9-17)8-14(13)16(18)19/h2-3,8-9,11H,4-7,10H2,1H3. The molecule has 0 unspecified atom stereocenters. The minimum Gasteiger partial charge on any atom is -0.384 e. The van der Waals surface area contributed by atoms with E-state index in [0.717, 1.165) is 32.5 Å². The molecule has 108 valence electrons. The summed E-state index contributed by atoms with van der Waals surface area (Å²) in [6.07, 6.45) is 2.54. The Morgan fingerprint density at radius 3 is 2.70 bits per heavy atom. The molecule has 1 fully saturated rings. The lowest BCUT2D eigenvalue weighted by Gasteiger charge is -2.33. The van der Waals surface area contributed by atoms with Gasteiger partial charge in [0.05, 0.1) is 4.92 Å². The third kappa shape index (κ3) is 3.14. The second-order valence-electron chi connectivity index (χ2n) is 5.01. The zero-order valence-corrected chi connectivity index (χ0v) is 11.4. The highest BCUT2D eigenvalue weighted by Gasteiger charge is 2.25. The second-order valence-corrected chi connectivity index (χ2v) is 5.01. The number of aldehydes is 1. The quantitative estimate of drug-likeness (QED) is 0.469. The maximum atomic E-state index is 11.1. The Labute approximate surface area is 117 Å². The fraction of sp³-hybridized carbons (Fsp3) is 0.500. The molecule has 0 radical (unpaired) electrons. The molecular weight excluding hydrogens is 260 g/mol. The molecule has 0 spiro atoms. The van der Waals surface area contributed by atoms with E-state index in [1.807, 2.05) is 4.90 Å². The second kappa shape index (κ2) is 6.47. The van der Waals surface area contributed by atoms with E-state index in [-0.39, 0.29) is 5.69 Å². The summed E-state index contributed by atoms with van der Waals surface area (Å²) in [6, 6.07) is 4.62. The fourth-order valence-corrected chi connectivity index (χ4v) is 2.60. The molecule has 0 atom stereocenters. The molecule has 1 aromatic carbocycles. The topological polar surface area (TPSA) is 72.7 Å². The number of benzene rings is 1. The Bertz CT molecular complexity index is 496. The van der Waals surface area contributed by atoms with Crippen LogP contribution in [0, 0.1) is 16.0 Å². The summed E-state index contributed by atoms with van der Waals surface area (Å²) in [6.45, 7) is 2.28. The Hall–Kier alpha value is -1.95. The predicted octanol–water partition coefficient (Wildman–Crippen LogP) is 2.27. The van der Waals surface area contributed by atoms with E-state index in [0.29, 0.717) is 23.5 Å². The highest BCUT2D eigenvalue weighted by atomic mass is 16.6. The highest BCUT2D eigenvalue weighted by Crippen LogP contribution is 2.32. The van der Waals surface area contributed by atoms with Gasteiger partial charge in [-0.2, -0.15) is 0 Å². The number of hydrogen-bond acceptors (Lipinski definition) is 5. The van der Waals surface area contributed by atoms with Crippen LogP contribution in [0.4, 0.5) is 11.4 Å². The van der Waals surface area contributed by atoms with E-state index in [9.17, 15) is 14.9 Å². The van der Waals surface area contributed by atoms with Crippen LogP contribution in [0.2, 0.25) is 0 Å². The third-order valence-electron chi connectivity index (χ3n) is 3.69. The number of nitro groups is 1. The van der Waals surface area contributed by atoms with Gasteiger partial charge in [-0.05, 0) is 30.9 Å². The highest BCUT2D eigenvalue weighted by molar-refractivity contribution is 5.79. The van der Waals surface area contributed by atoms with Crippen molar-refractivity contribution >= 4 is 17.7 Å². The maximum absolute atomic E-state index is 11.1. The van der Waals surface area contributed by atoms with Crippen molar-refractivity contribution in [3.05, 3.63) is 33.9 Å². The van der Waals surface area contributed by atoms with Gasteiger partial charge in [0.2, 0.25) is 0 Å². The van der Waals surface area contributed by atoms with Gasteiger partial charge in [-0.3, -0.25) is 14.9 Å². The molecule has 6 nitrogen and oxygen atoms in total. The molecule has 0 aromatic heterocycles. The van der Waals surface area contributed by atoms with Crippen LogP contribution in [0.15, 0.2) is 18.2 Å². The number of carbonyl (C=O) groups excluding carboxylic acids is 1. The largest absolute Gasteiger partial charge is 0.384 e. The monoisotopic (exact) mass is 278 g/mol. The van der Waals surface area contributed by atoms with E-state index in [1.165, 1.54) is 6.07 Å². The van der Waals surface area contributed by atoms with Crippen molar-refractivity contribution in [2.24, 2.45) is 5.92 Å². The molecule has 1 aliphatic heterocycles. The number of carbonyl (C=O) groups is 1.